The Kier molecular flexibility index (Phi) is 13.8. The maximum Gasteiger partial charge on any atom is 0.326 e. The molecule has 7 atom stereocenters. The minimum Gasteiger partial charge on any atom is -0.480 e. The van der Waals surface area contributed by atoms with Gasteiger partial charge < -0.3 is 61.9 Å². The van der Waals surface area contributed by atoms with Crippen molar-refractivity contribution in [3.63, 3.8) is 0 Å². The summed E-state index contributed by atoms with van der Waals surface area (Å²) >= 11 is 0. The largest absolute Gasteiger partial charge is 0.480 e. The minimum atomic E-state index is -1.66. The van der Waals surface area contributed by atoms with Crippen molar-refractivity contribution in [2.45, 2.75) is 94.8 Å². The number of aliphatic hydroxyl groups excluding tert-OH is 1. The van der Waals surface area contributed by atoms with Gasteiger partial charge in [0.1, 0.15) is 36.3 Å². The van der Waals surface area contributed by atoms with E-state index in [9.17, 15) is 53.4 Å². The second kappa shape index (κ2) is 19.6. The van der Waals surface area contributed by atoms with Crippen LogP contribution in [-0.4, -0.2) is 134 Å². The van der Waals surface area contributed by atoms with Crippen molar-refractivity contribution in [1.29, 1.82) is 0 Å². The summed E-state index contributed by atoms with van der Waals surface area (Å²) in [7, 11) is 0. The zero-order chi connectivity index (χ0) is 46.5. The van der Waals surface area contributed by atoms with Crippen LogP contribution >= 0.6 is 0 Å². The quantitative estimate of drug-likeness (QED) is 0.0883. The predicted molar refractivity (Wildman–Crippen MR) is 231 cm³/mol. The van der Waals surface area contributed by atoms with Crippen LogP contribution in [0.1, 0.15) is 56.8 Å². The molecule has 0 aliphatic carbocycles. The number of nitrogens with one attached hydrogen (secondary N) is 8. The summed E-state index contributed by atoms with van der Waals surface area (Å²) in [6.45, 7) is 1.99. The lowest BCUT2D eigenvalue weighted by molar-refractivity contribution is -0.142. The van der Waals surface area contributed by atoms with Gasteiger partial charge in [-0.05, 0) is 48.4 Å². The van der Waals surface area contributed by atoms with Crippen LogP contribution < -0.4 is 37.2 Å². The third-order valence-corrected chi connectivity index (χ3v) is 12.0. The molecular weight excluding hydrogens is 845 g/mol. The Bertz CT molecular complexity index is 2530. The molecule has 3 aliphatic heterocycles. The van der Waals surface area contributed by atoms with E-state index in [2.05, 4.69) is 42.2 Å². The fourth-order valence-electron chi connectivity index (χ4n) is 8.63. The number of fused-ring (bicyclic) bond motifs is 6. The summed E-state index contributed by atoms with van der Waals surface area (Å²) in [5, 5.41) is 39.4. The monoisotopic (exact) mass is 896 g/mol. The van der Waals surface area contributed by atoms with Gasteiger partial charge in [0.15, 0.2) is 6.17 Å². The highest BCUT2D eigenvalue weighted by Crippen LogP contribution is 2.27. The number of hydrogen-bond acceptors (Lipinski definition) is 10. The number of nitrogens with zero attached hydrogens (tertiary/aromatic N) is 2. The summed E-state index contributed by atoms with van der Waals surface area (Å²) in [4.78, 5) is 126. The third kappa shape index (κ3) is 10.1. The first kappa shape index (κ1) is 45.7. The molecule has 2 aromatic carbocycles. The highest BCUT2D eigenvalue weighted by Gasteiger charge is 2.41. The lowest BCUT2D eigenvalue weighted by Crippen LogP contribution is -2.58. The summed E-state index contributed by atoms with van der Waals surface area (Å²) in [5.74, 6) is -7.71. The molecule has 2 aromatic heterocycles. The molecule has 0 radical (unpaired) electrons. The number of aliphatic carboxylic acids is 1. The maximum absolute atomic E-state index is 14.9. The molecule has 2 fully saturated rings. The van der Waals surface area contributed by atoms with E-state index in [1.54, 1.807) is 44.3 Å². The number of rotatable bonds is 10. The van der Waals surface area contributed by atoms with E-state index in [-0.39, 0.29) is 38.1 Å². The average Bonchev–Trinajstić information content (AvgIpc) is 4.11. The molecule has 3 aliphatic rings. The van der Waals surface area contributed by atoms with Gasteiger partial charge in [0.2, 0.25) is 41.4 Å². The van der Waals surface area contributed by atoms with Crippen molar-refractivity contribution in [3.05, 3.63) is 72.1 Å². The number of benzene rings is 2. The van der Waals surface area contributed by atoms with E-state index >= 15 is 0 Å². The van der Waals surface area contributed by atoms with Crippen molar-refractivity contribution in [2.75, 3.05) is 19.7 Å². The number of H-pyrrole nitrogens is 1. The number of carbonyl (C=O) groups is 9. The molecule has 2 saturated heterocycles. The van der Waals surface area contributed by atoms with Crippen LogP contribution in [0, 0.1) is 5.92 Å². The van der Waals surface area contributed by atoms with Crippen LogP contribution in [0.4, 0.5) is 0 Å². The molecule has 7 rings (SSSR count). The molecule has 65 heavy (non-hydrogen) atoms. The molecule has 4 aromatic rings. The van der Waals surface area contributed by atoms with Gasteiger partial charge in [-0.25, -0.2) is 4.79 Å². The number of carboxylic acid groups (broad SMARTS) is 1. The van der Waals surface area contributed by atoms with Crippen LogP contribution in [0.3, 0.4) is 0 Å². The number of para-hydroxylation sites is 2. The van der Waals surface area contributed by atoms with Crippen molar-refractivity contribution in [3.8, 4) is 0 Å². The molecule has 5 heterocycles. The Morgan fingerprint density at radius 1 is 0.846 bits per heavy atom. The molecule has 8 amide bonds. The zero-order valence-corrected chi connectivity index (χ0v) is 35.7. The third-order valence-electron chi connectivity index (χ3n) is 12.0. The van der Waals surface area contributed by atoms with Crippen LogP contribution in [-0.2, 0) is 56.0 Å². The van der Waals surface area contributed by atoms with Crippen molar-refractivity contribution in [1.82, 2.24) is 51.7 Å². The summed E-state index contributed by atoms with van der Waals surface area (Å²) in [6.07, 6.45) is 2.32. The van der Waals surface area contributed by atoms with Crippen molar-refractivity contribution >= 4 is 75.0 Å². The van der Waals surface area contributed by atoms with Crippen LogP contribution in [0.25, 0.3) is 21.8 Å². The molecule has 10 N–H and O–H groups in total. The molecule has 21 heteroatoms. The Labute approximate surface area is 371 Å². The molecule has 21 nitrogen and oxygen atoms in total. The van der Waals surface area contributed by atoms with E-state index in [1.165, 1.54) is 15.7 Å². The summed E-state index contributed by atoms with van der Waals surface area (Å²) < 4.78 is 1.39. The molecule has 3 unspecified atom stereocenters. The van der Waals surface area contributed by atoms with Crippen LogP contribution in [0.2, 0.25) is 0 Å². The summed E-state index contributed by atoms with van der Waals surface area (Å²) in [6, 6.07) is 6.40. The van der Waals surface area contributed by atoms with E-state index in [0.717, 1.165) is 10.9 Å². The highest BCUT2D eigenvalue weighted by molar-refractivity contribution is 5.99. The van der Waals surface area contributed by atoms with Gasteiger partial charge in [-0.15, -0.1) is 0 Å². The van der Waals surface area contributed by atoms with Gasteiger partial charge >= 0.3 is 5.97 Å². The van der Waals surface area contributed by atoms with Crippen LogP contribution in [0.5, 0.6) is 0 Å². The van der Waals surface area contributed by atoms with Crippen molar-refractivity contribution < 1.29 is 53.4 Å². The smallest absolute Gasteiger partial charge is 0.326 e. The Hall–Kier alpha value is -7.29. The number of aliphatic hydroxyl groups is 1. The van der Waals surface area contributed by atoms with E-state index in [1.807, 2.05) is 24.3 Å². The standard InChI is InChI=1S/C44H52N10O11/c1-22(2)36-41(61)46-19-35(57)48-31(21-55)39(59)50-30(44(64)65)17-24-20-54(32-11-6-4-9-26(24)32)37(42(62)51-36)52-38(58)29(16-23-18-45-27-10-5-3-8-25(23)27)49-40(60)33-12-7-15-53(33)43(63)28-13-14-34(56)47-28/h3-6,8-11,18,20,22,28-31,33,36-37,45,55H,7,12-17,19,21H2,1-2H3,(H,46,61)(H,47,56)(H,48,57)(H,49,60)(H,50,59)(H,51,62)(H,52,58)(H,64,65)/t28-,29-,30?,31?,33-,36-,37?/m0/s1. The molecule has 0 spiro atoms. The average molecular weight is 897 g/mol. The number of amides is 8. The fourth-order valence-corrected chi connectivity index (χ4v) is 8.63. The van der Waals surface area contributed by atoms with E-state index < -0.39 is 109 Å². The molecule has 0 saturated carbocycles. The molecular formula is C44H52N10O11. The van der Waals surface area contributed by atoms with E-state index in [0.29, 0.717) is 34.9 Å². The molecule has 2 bridgehead atoms. The normalized spacial score (nSPS) is 23.8. The maximum atomic E-state index is 14.9. The van der Waals surface area contributed by atoms with Crippen molar-refractivity contribution in [2.24, 2.45) is 5.92 Å². The Morgan fingerprint density at radius 2 is 1.58 bits per heavy atom. The molecule has 344 valence electrons. The second-order valence-electron chi connectivity index (χ2n) is 16.8. The Balaban J connectivity index is 1.27. The van der Waals surface area contributed by atoms with Gasteiger partial charge in [0, 0.05) is 54.5 Å². The van der Waals surface area contributed by atoms with Gasteiger partial charge in [-0.1, -0.05) is 50.2 Å². The SMILES string of the molecule is CC(C)[C@@H]1NC(=O)C(NC(=O)[C@H](Cc2c[nH]c3ccccc23)NC(=O)[C@@H]2CCCN2C(=O)[C@@H]2CCC(=O)N2)n2cc(c3ccccc32)CC(C(=O)O)NC(=O)C(CO)NC(=O)CNC1=O. The number of aromatic nitrogens is 2. The number of carbonyl (C=O) groups excluding carboxylic acids is 8. The lowest BCUT2D eigenvalue weighted by atomic mass is 10.0. The van der Waals surface area contributed by atoms with Gasteiger partial charge in [-0.2, -0.15) is 0 Å². The van der Waals surface area contributed by atoms with Crippen LogP contribution in [0.15, 0.2) is 60.9 Å². The van der Waals surface area contributed by atoms with Gasteiger partial charge in [0.05, 0.1) is 18.7 Å². The van der Waals surface area contributed by atoms with E-state index in [4.69, 9.17) is 0 Å². The first-order valence-corrected chi connectivity index (χ1v) is 21.5. The van der Waals surface area contributed by atoms with Gasteiger partial charge in [-0.3, -0.25) is 38.4 Å². The first-order valence-electron chi connectivity index (χ1n) is 21.5. The highest BCUT2D eigenvalue weighted by atomic mass is 16.4. The number of carboxylic acids is 1. The first-order chi connectivity index (χ1) is 31.1. The summed E-state index contributed by atoms with van der Waals surface area (Å²) in [5.41, 5.74) is 2.07. The van der Waals surface area contributed by atoms with Gasteiger partial charge in [0.25, 0.3) is 5.91 Å². The number of hydrogen-bond donors (Lipinski definition) is 10. The fraction of sp³-hybridized carbons (Fsp3) is 0.432. The predicted octanol–water partition coefficient (Wildman–Crippen LogP) is -1.41. The lowest BCUT2D eigenvalue weighted by Gasteiger charge is -2.30. The number of likely N-dealkylation sites (tertiary alicyclic amines) is 1. The topological polar surface area (TPSA) is 302 Å². The Morgan fingerprint density at radius 3 is 2.29 bits per heavy atom. The number of aromatic amines is 1. The second-order valence-corrected chi connectivity index (χ2v) is 16.8. The zero-order valence-electron chi connectivity index (χ0n) is 35.7. The minimum absolute atomic E-state index is 0.0825.